The number of hydrogen-bond donors (Lipinski definition) is 1. The lowest BCUT2D eigenvalue weighted by molar-refractivity contribution is -0.154. The van der Waals surface area contributed by atoms with Gasteiger partial charge in [0, 0.05) is 10.5 Å². The van der Waals surface area contributed by atoms with Crippen LogP contribution in [0.3, 0.4) is 0 Å². The number of nitrogens with zero attached hydrogens (tertiary/aromatic N) is 2. The van der Waals surface area contributed by atoms with E-state index in [1.807, 2.05) is 32.0 Å². The van der Waals surface area contributed by atoms with Gasteiger partial charge in [-0.05, 0) is 51.0 Å². The van der Waals surface area contributed by atoms with Crippen LogP contribution in [0.25, 0.3) is 10.6 Å². The van der Waals surface area contributed by atoms with Crippen LogP contribution in [-0.2, 0) is 10.5 Å². The second-order valence-corrected chi connectivity index (χ2v) is 9.58. The van der Waals surface area contributed by atoms with Crippen LogP contribution in [0.2, 0.25) is 0 Å². The molecule has 0 spiro atoms. The molecule has 0 amide bonds. The molecule has 3 aromatic rings. The average Bonchev–Trinajstić information content (AvgIpc) is 3.18. The highest BCUT2D eigenvalue weighted by Crippen LogP contribution is 2.32. The normalized spacial score (nSPS) is 13.1. The number of carboxylic acid groups (broad SMARTS) is 1. The number of carboxylic acids is 1. The fourth-order valence-corrected chi connectivity index (χ4v) is 4.84. The van der Waals surface area contributed by atoms with Crippen LogP contribution < -0.4 is 4.74 Å². The summed E-state index contributed by atoms with van der Waals surface area (Å²) in [5, 5.41) is 20.1. The maximum absolute atomic E-state index is 11.6. The molecule has 158 valence electrons. The summed E-state index contributed by atoms with van der Waals surface area (Å²) in [6, 6.07) is 14.1. The molecule has 1 N–H and O–H groups in total. The van der Waals surface area contributed by atoms with E-state index in [0.29, 0.717) is 12.2 Å². The second-order valence-electron chi connectivity index (χ2n) is 7.47. The third kappa shape index (κ3) is 5.40. The Hall–Kier alpha value is -2.38. The monoisotopic (exact) mass is 442 g/mol. The number of benzene rings is 2. The molecule has 0 radical (unpaired) electrons. The van der Waals surface area contributed by atoms with Crippen molar-refractivity contribution in [2.24, 2.45) is 0 Å². The van der Waals surface area contributed by atoms with Gasteiger partial charge in [-0.25, -0.2) is 4.79 Å². The topological polar surface area (TPSA) is 72.3 Å². The van der Waals surface area contributed by atoms with Crippen LogP contribution in [0.5, 0.6) is 5.75 Å². The van der Waals surface area contributed by atoms with E-state index < -0.39 is 11.6 Å². The summed E-state index contributed by atoms with van der Waals surface area (Å²) in [4.78, 5) is 12.7. The summed E-state index contributed by atoms with van der Waals surface area (Å²) in [5.74, 6) is 0.393. The van der Waals surface area contributed by atoms with Gasteiger partial charge in [-0.1, -0.05) is 54.5 Å². The van der Waals surface area contributed by atoms with Gasteiger partial charge < -0.3 is 9.84 Å². The predicted molar refractivity (Wildman–Crippen MR) is 122 cm³/mol. The van der Waals surface area contributed by atoms with Gasteiger partial charge in [0.25, 0.3) is 0 Å². The summed E-state index contributed by atoms with van der Waals surface area (Å²) in [6.07, 6.45) is 1.20. The van der Waals surface area contributed by atoms with E-state index in [4.69, 9.17) is 4.74 Å². The van der Waals surface area contributed by atoms with Crippen LogP contribution in [0.1, 0.15) is 42.8 Å². The molecule has 7 heteroatoms. The smallest absolute Gasteiger partial charge is 0.347 e. The highest BCUT2D eigenvalue weighted by atomic mass is 32.2. The van der Waals surface area contributed by atoms with Crippen molar-refractivity contribution < 1.29 is 14.6 Å². The highest BCUT2D eigenvalue weighted by Gasteiger charge is 2.35. The summed E-state index contributed by atoms with van der Waals surface area (Å²) in [6.45, 7) is 7.58. The van der Waals surface area contributed by atoms with Crippen LogP contribution in [0.4, 0.5) is 0 Å². The molecule has 0 aliphatic rings. The number of ether oxygens (including phenoxy) is 1. The zero-order chi connectivity index (χ0) is 21.7. The molecule has 0 saturated carbocycles. The van der Waals surface area contributed by atoms with E-state index in [9.17, 15) is 9.90 Å². The standard InChI is InChI=1S/C23H26N2O3S2/c1-5-12-23(4,22(26)27)28-19-11-10-18(13-16(19)3)29-14-20-24-25-21(30-20)17-8-6-15(2)7-9-17/h6-11,13H,5,12,14H2,1-4H3,(H,26,27). The first-order valence-corrected chi connectivity index (χ1v) is 11.7. The van der Waals surface area contributed by atoms with Gasteiger partial charge in [0.05, 0.1) is 5.75 Å². The van der Waals surface area contributed by atoms with Gasteiger partial charge in [-0.3, -0.25) is 0 Å². The summed E-state index contributed by atoms with van der Waals surface area (Å²) in [5.41, 5.74) is 2.01. The molecular weight excluding hydrogens is 416 g/mol. The second kappa shape index (κ2) is 9.62. The Morgan fingerprint density at radius 3 is 2.53 bits per heavy atom. The minimum absolute atomic E-state index is 0.457. The largest absolute Gasteiger partial charge is 0.478 e. The first-order chi connectivity index (χ1) is 14.3. The number of rotatable bonds is 9. The van der Waals surface area contributed by atoms with Crippen molar-refractivity contribution in [2.45, 2.75) is 56.8 Å². The zero-order valence-corrected chi connectivity index (χ0v) is 19.3. The van der Waals surface area contributed by atoms with Gasteiger partial charge in [0.2, 0.25) is 5.60 Å². The van der Waals surface area contributed by atoms with Gasteiger partial charge in [0.15, 0.2) is 0 Å². The van der Waals surface area contributed by atoms with E-state index in [-0.39, 0.29) is 0 Å². The third-order valence-corrected chi connectivity index (χ3v) is 6.95. The molecule has 1 unspecified atom stereocenters. The Morgan fingerprint density at radius 1 is 1.17 bits per heavy atom. The average molecular weight is 443 g/mol. The number of thioether (sulfide) groups is 1. The van der Waals surface area contributed by atoms with Crippen molar-refractivity contribution in [3.63, 3.8) is 0 Å². The molecule has 5 nitrogen and oxygen atoms in total. The molecule has 0 fully saturated rings. The maximum Gasteiger partial charge on any atom is 0.347 e. The minimum atomic E-state index is -1.22. The molecule has 1 atom stereocenters. The maximum atomic E-state index is 11.6. The van der Waals surface area contributed by atoms with Crippen molar-refractivity contribution in [3.8, 4) is 16.3 Å². The van der Waals surface area contributed by atoms with Crippen molar-refractivity contribution in [2.75, 3.05) is 0 Å². The van der Waals surface area contributed by atoms with E-state index in [2.05, 4.69) is 41.4 Å². The Balaban J connectivity index is 1.65. The quantitative estimate of drug-likeness (QED) is 0.402. The lowest BCUT2D eigenvalue weighted by Gasteiger charge is -2.27. The molecule has 30 heavy (non-hydrogen) atoms. The van der Waals surface area contributed by atoms with Crippen LogP contribution in [0.15, 0.2) is 47.4 Å². The summed E-state index contributed by atoms with van der Waals surface area (Å²) >= 11 is 3.28. The van der Waals surface area contributed by atoms with E-state index in [0.717, 1.165) is 38.2 Å². The zero-order valence-electron chi connectivity index (χ0n) is 17.6. The van der Waals surface area contributed by atoms with E-state index in [1.54, 1.807) is 30.0 Å². The lowest BCUT2D eigenvalue weighted by Crippen LogP contribution is -2.41. The minimum Gasteiger partial charge on any atom is -0.478 e. The van der Waals surface area contributed by atoms with E-state index >= 15 is 0 Å². The molecule has 1 heterocycles. The lowest BCUT2D eigenvalue weighted by atomic mass is 10.0. The van der Waals surface area contributed by atoms with E-state index in [1.165, 1.54) is 5.56 Å². The predicted octanol–water partition coefficient (Wildman–Crippen LogP) is 6.14. The molecule has 1 aromatic heterocycles. The number of carbonyl (C=O) groups is 1. The Bertz CT molecular complexity index is 1020. The number of aryl methyl sites for hydroxylation is 2. The van der Waals surface area contributed by atoms with Gasteiger partial charge >= 0.3 is 5.97 Å². The fraction of sp³-hybridized carbons (Fsp3) is 0.348. The summed E-state index contributed by atoms with van der Waals surface area (Å²) in [7, 11) is 0. The molecule has 2 aromatic carbocycles. The van der Waals surface area contributed by atoms with Crippen molar-refractivity contribution >= 4 is 29.1 Å². The fourth-order valence-electron chi connectivity index (χ4n) is 3.02. The number of aliphatic carboxylic acids is 1. The molecular formula is C23H26N2O3S2. The molecule has 0 bridgehead atoms. The molecule has 0 aliphatic heterocycles. The SMILES string of the molecule is CCCC(C)(Oc1ccc(SCc2nnc(-c3ccc(C)cc3)s2)cc1C)C(=O)O. The van der Waals surface area contributed by atoms with Crippen LogP contribution >= 0.6 is 23.1 Å². The van der Waals surface area contributed by atoms with Crippen molar-refractivity contribution in [1.29, 1.82) is 0 Å². The molecule has 3 rings (SSSR count). The molecule has 0 aliphatic carbocycles. The first-order valence-electron chi connectivity index (χ1n) is 9.86. The Morgan fingerprint density at radius 2 is 1.90 bits per heavy atom. The number of aromatic nitrogens is 2. The van der Waals surface area contributed by atoms with Crippen LogP contribution in [-0.4, -0.2) is 26.9 Å². The molecule has 0 saturated heterocycles. The number of hydrogen-bond acceptors (Lipinski definition) is 6. The van der Waals surface area contributed by atoms with Gasteiger partial charge in [-0.2, -0.15) is 0 Å². The Labute approximate surface area is 185 Å². The van der Waals surface area contributed by atoms with Crippen molar-refractivity contribution in [1.82, 2.24) is 10.2 Å². The highest BCUT2D eigenvalue weighted by molar-refractivity contribution is 7.98. The van der Waals surface area contributed by atoms with Crippen LogP contribution in [0, 0.1) is 13.8 Å². The van der Waals surface area contributed by atoms with Gasteiger partial charge in [-0.15, -0.1) is 22.0 Å². The first kappa shape index (κ1) is 22.3. The third-order valence-electron chi connectivity index (χ3n) is 4.79. The summed E-state index contributed by atoms with van der Waals surface area (Å²) < 4.78 is 5.88. The van der Waals surface area contributed by atoms with Gasteiger partial charge in [0.1, 0.15) is 15.8 Å². The van der Waals surface area contributed by atoms with Crippen molar-refractivity contribution in [3.05, 3.63) is 58.6 Å². The Kier molecular flexibility index (Phi) is 7.15.